The van der Waals surface area contributed by atoms with E-state index in [0.29, 0.717) is 0 Å². The lowest BCUT2D eigenvalue weighted by atomic mass is 10.2. The molecule has 0 radical (unpaired) electrons. The molecule has 1 aromatic heterocycles. The van der Waals surface area contributed by atoms with Crippen molar-refractivity contribution in [1.29, 1.82) is 0 Å². The minimum Gasteiger partial charge on any atom is -0.462 e. The number of carbonyl (C=O) groups is 1. The van der Waals surface area contributed by atoms with E-state index in [-0.39, 0.29) is 33.1 Å². The van der Waals surface area contributed by atoms with Crippen LogP contribution in [0.5, 0.6) is 5.75 Å². The van der Waals surface area contributed by atoms with Gasteiger partial charge in [-0.15, -0.1) is 0 Å². The molecule has 0 saturated heterocycles. The zero-order valence-electron chi connectivity index (χ0n) is 12.4. The van der Waals surface area contributed by atoms with Crippen LogP contribution in [0.15, 0.2) is 23.5 Å². The summed E-state index contributed by atoms with van der Waals surface area (Å²) in [5.74, 6) is -0.989. The molecule has 0 atom stereocenters. The van der Waals surface area contributed by atoms with Crippen molar-refractivity contribution < 1.29 is 22.1 Å². The van der Waals surface area contributed by atoms with Gasteiger partial charge < -0.3 is 13.5 Å². The second-order valence-corrected chi connectivity index (χ2v) is 7.11. The van der Waals surface area contributed by atoms with E-state index < -0.39 is 21.1 Å². The van der Waals surface area contributed by atoms with Gasteiger partial charge in [0.05, 0.1) is 28.5 Å². The van der Waals surface area contributed by atoms with Gasteiger partial charge in [0.15, 0.2) is 10.9 Å². The van der Waals surface area contributed by atoms with Crippen LogP contribution in [-0.4, -0.2) is 30.5 Å². The van der Waals surface area contributed by atoms with Crippen molar-refractivity contribution in [2.45, 2.75) is 11.9 Å². The molecule has 24 heavy (non-hydrogen) atoms. The number of nitrogens with zero attached hydrogens (tertiary/aromatic N) is 2. The van der Waals surface area contributed by atoms with Gasteiger partial charge in [-0.1, -0.05) is 34.8 Å². The van der Waals surface area contributed by atoms with E-state index in [1.165, 1.54) is 30.1 Å². The predicted octanol–water partition coefficient (Wildman–Crippen LogP) is 3.32. The monoisotopic (exact) mass is 412 g/mol. The Hall–Kier alpha value is -1.48. The van der Waals surface area contributed by atoms with Crippen molar-refractivity contribution in [3.8, 4) is 5.75 Å². The molecule has 0 saturated carbocycles. The van der Waals surface area contributed by atoms with Crippen LogP contribution in [-0.2, 0) is 21.9 Å². The van der Waals surface area contributed by atoms with Crippen molar-refractivity contribution in [3.63, 3.8) is 0 Å². The van der Waals surface area contributed by atoms with E-state index in [0.717, 1.165) is 0 Å². The number of carbonyl (C=O) groups excluding carboxylic acids is 1. The second-order valence-electron chi connectivity index (χ2n) is 4.48. The van der Waals surface area contributed by atoms with Crippen molar-refractivity contribution in [2.75, 3.05) is 6.61 Å². The number of aryl methyl sites for hydroxylation is 1. The van der Waals surface area contributed by atoms with Gasteiger partial charge >= 0.3 is 16.1 Å². The van der Waals surface area contributed by atoms with Gasteiger partial charge in [0.1, 0.15) is 0 Å². The Balaban J connectivity index is 2.40. The second kappa shape index (κ2) is 7.18. The van der Waals surface area contributed by atoms with Gasteiger partial charge in [0, 0.05) is 7.05 Å². The van der Waals surface area contributed by atoms with Gasteiger partial charge in [-0.05, 0) is 19.1 Å². The number of esters is 1. The first-order chi connectivity index (χ1) is 11.2. The van der Waals surface area contributed by atoms with Crippen LogP contribution in [0.4, 0.5) is 0 Å². The third-order valence-corrected chi connectivity index (χ3v) is 5.05. The summed E-state index contributed by atoms with van der Waals surface area (Å²) in [6.07, 6.45) is 1.21. The fraction of sp³-hybridized carbons (Fsp3) is 0.231. The molecule has 0 amide bonds. The van der Waals surface area contributed by atoms with E-state index in [1.807, 2.05) is 0 Å². The largest absolute Gasteiger partial charge is 0.462 e. The van der Waals surface area contributed by atoms with E-state index in [2.05, 4.69) is 4.98 Å². The Morgan fingerprint density at radius 1 is 1.25 bits per heavy atom. The van der Waals surface area contributed by atoms with Crippen LogP contribution in [0, 0.1) is 0 Å². The van der Waals surface area contributed by atoms with Gasteiger partial charge in [-0.3, -0.25) is 0 Å². The summed E-state index contributed by atoms with van der Waals surface area (Å²) in [7, 11) is -2.84. The summed E-state index contributed by atoms with van der Waals surface area (Å²) >= 11 is 17.8. The number of imidazole rings is 1. The van der Waals surface area contributed by atoms with Gasteiger partial charge in [0.2, 0.25) is 5.03 Å². The summed E-state index contributed by atoms with van der Waals surface area (Å²) in [5, 5.41) is -0.971. The molecule has 7 nitrogen and oxygen atoms in total. The third-order valence-electron chi connectivity index (χ3n) is 2.77. The van der Waals surface area contributed by atoms with Crippen LogP contribution in [0.1, 0.15) is 17.3 Å². The quantitative estimate of drug-likeness (QED) is 0.552. The molecule has 0 fully saturated rings. The fourth-order valence-corrected chi connectivity index (χ4v) is 3.72. The molecule has 0 bridgehead atoms. The zero-order chi connectivity index (χ0) is 18.1. The summed E-state index contributed by atoms with van der Waals surface area (Å²) in [4.78, 5) is 15.4. The van der Waals surface area contributed by atoms with E-state index in [4.69, 9.17) is 43.7 Å². The van der Waals surface area contributed by atoms with Crippen LogP contribution in [0.3, 0.4) is 0 Å². The maximum Gasteiger partial charge on any atom is 0.360 e. The zero-order valence-corrected chi connectivity index (χ0v) is 15.5. The Bertz CT molecular complexity index is 872. The molecule has 0 unspecified atom stereocenters. The molecule has 0 spiro atoms. The number of hydrogen-bond donors (Lipinski definition) is 0. The average molecular weight is 414 g/mol. The van der Waals surface area contributed by atoms with Crippen LogP contribution < -0.4 is 4.18 Å². The van der Waals surface area contributed by atoms with Crippen molar-refractivity contribution in [2.24, 2.45) is 7.05 Å². The molecule has 2 aromatic rings. The molecule has 2 rings (SSSR count). The highest BCUT2D eigenvalue weighted by Gasteiger charge is 2.27. The molecule has 0 N–H and O–H groups in total. The Labute approximate surface area is 153 Å². The molecular formula is C13H11Cl3N2O5S. The number of benzene rings is 1. The number of aromatic nitrogens is 2. The lowest BCUT2D eigenvalue weighted by Gasteiger charge is -2.10. The molecule has 1 aromatic carbocycles. The predicted molar refractivity (Wildman–Crippen MR) is 88.5 cm³/mol. The minimum absolute atomic E-state index is 0.0625. The van der Waals surface area contributed by atoms with E-state index in [9.17, 15) is 13.2 Å². The standard InChI is InChI=1S/C13H11Cl3N2O5S/c1-3-22-13(19)7-4-8(14)10(9(15)5-7)23-24(20,21)12-11(16)18(2)6-17-12/h4-6H,3H2,1-2H3. The fourth-order valence-electron chi connectivity index (χ4n) is 1.68. The number of ether oxygens (including phenoxy) is 1. The van der Waals surface area contributed by atoms with Crippen molar-refractivity contribution in [1.82, 2.24) is 9.55 Å². The lowest BCUT2D eigenvalue weighted by Crippen LogP contribution is -2.12. The molecule has 0 aliphatic carbocycles. The Morgan fingerprint density at radius 2 is 1.83 bits per heavy atom. The molecule has 0 aliphatic rings. The highest BCUT2D eigenvalue weighted by molar-refractivity contribution is 7.87. The lowest BCUT2D eigenvalue weighted by molar-refractivity contribution is 0.0526. The molecule has 0 aliphatic heterocycles. The average Bonchev–Trinajstić information content (AvgIpc) is 2.83. The van der Waals surface area contributed by atoms with Gasteiger partial charge in [-0.25, -0.2) is 9.78 Å². The Morgan fingerprint density at radius 3 is 2.29 bits per heavy atom. The first-order valence-corrected chi connectivity index (χ1v) is 8.99. The normalized spacial score (nSPS) is 11.4. The first-order valence-electron chi connectivity index (χ1n) is 6.44. The third kappa shape index (κ3) is 3.77. The SMILES string of the molecule is CCOC(=O)c1cc(Cl)c(OS(=O)(=O)c2ncn(C)c2Cl)c(Cl)c1. The number of hydrogen-bond acceptors (Lipinski definition) is 6. The number of rotatable bonds is 5. The smallest absolute Gasteiger partial charge is 0.360 e. The minimum atomic E-state index is -4.36. The summed E-state index contributed by atoms with van der Waals surface area (Å²) < 4.78 is 35.6. The molecule has 130 valence electrons. The van der Waals surface area contributed by atoms with E-state index in [1.54, 1.807) is 6.92 Å². The van der Waals surface area contributed by atoms with E-state index >= 15 is 0 Å². The van der Waals surface area contributed by atoms with Gasteiger partial charge in [-0.2, -0.15) is 8.42 Å². The summed E-state index contributed by atoms with van der Waals surface area (Å²) in [6, 6.07) is 2.38. The molecule has 1 heterocycles. The van der Waals surface area contributed by atoms with Crippen LogP contribution >= 0.6 is 34.8 Å². The maximum atomic E-state index is 12.3. The number of halogens is 3. The first kappa shape index (κ1) is 18.9. The maximum absolute atomic E-state index is 12.3. The van der Waals surface area contributed by atoms with Crippen molar-refractivity contribution in [3.05, 3.63) is 39.2 Å². The summed E-state index contributed by atoms with van der Waals surface area (Å²) in [6.45, 7) is 1.81. The molecular weight excluding hydrogens is 403 g/mol. The molecule has 11 heteroatoms. The summed E-state index contributed by atoms with van der Waals surface area (Å²) in [5.41, 5.74) is 0.0625. The highest BCUT2D eigenvalue weighted by Crippen LogP contribution is 2.37. The highest BCUT2D eigenvalue weighted by atomic mass is 35.5. The topological polar surface area (TPSA) is 87.5 Å². The van der Waals surface area contributed by atoms with Gasteiger partial charge in [0.25, 0.3) is 0 Å². The Kier molecular flexibility index (Phi) is 5.64. The van der Waals surface area contributed by atoms with Crippen LogP contribution in [0.25, 0.3) is 0 Å². The van der Waals surface area contributed by atoms with Crippen molar-refractivity contribution >= 4 is 50.9 Å². The van der Waals surface area contributed by atoms with Crippen LogP contribution in [0.2, 0.25) is 15.2 Å².